The summed E-state index contributed by atoms with van der Waals surface area (Å²) < 4.78 is 22.2. The number of halogens is 1. The van der Waals surface area contributed by atoms with Crippen LogP contribution in [0, 0.1) is 0 Å². The van der Waals surface area contributed by atoms with Gasteiger partial charge in [0.15, 0.2) is 11.4 Å². The summed E-state index contributed by atoms with van der Waals surface area (Å²) in [7, 11) is 0. The Morgan fingerprint density at radius 3 is 2.50 bits per heavy atom. The van der Waals surface area contributed by atoms with Gasteiger partial charge in [-0.25, -0.2) is 0 Å². The molecule has 46 heavy (non-hydrogen) atoms. The maximum absolute atomic E-state index is 12.9. The Morgan fingerprint density at radius 1 is 1.09 bits per heavy atom. The zero-order valence-corrected chi connectivity index (χ0v) is 26.0. The van der Waals surface area contributed by atoms with Crippen molar-refractivity contribution >= 4 is 29.3 Å². The molecule has 2 aromatic rings. The van der Waals surface area contributed by atoms with Crippen LogP contribution in [-0.2, 0) is 30.4 Å². The van der Waals surface area contributed by atoms with Gasteiger partial charge in [-0.2, -0.15) is 0 Å². The van der Waals surface area contributed by atoms with E-state index in [2.05, 4.69) is 10.8 Å². The number of carbonyl (C=O) groups is 1. The number of hydroxylamine groups is 1. The second-order valence-corrected chi connectivity index (χ2v) is 12.1. The predicted octanol–water partition coefficient (Wildman–Crippen LogP) is 0.448. The molecule has 15 heteroatoms. The summed E-state index contributed by atoms with van der Waals surface area (Å²) in [5.74, 6) is -0.434. The number of rotatable bonds is 9. The molecule has 1 aliphatic carbocycles. The molecule has 0 aromatic heterocycles. The fraction of sp³-hybridized carbons (Fsp3) is 0.452. The van der Waals surface area contributed by atoms with Crippen LogP contribution in [-0.4, -0.2) is 92.8 Å². The number of ether oxygens (including phenoxy) is 4. The Balaban J connectivity index is 1.21. The van der Waals surface area contributed by atoms with Crippen LogP contribution in [0.25, 0.3) is 6.08 Å². The molecular formula is C31H38ClN3O11. The quantitative estimate of drug-likeness (QED) is 0.104. The number of nitrogens with one attached hydrogen (secondary N) is 2. The van der Waals surface area contributed by atoms with Crippen molar-refractivity contribution in [3.8, 4) is 5.75 Å². The van der Waals surface area contributed by atoms with E-state index in [4.69, 9.17) is 41.1 Å². The molecule has 250 valence electrons. The van der Waals surface area contributed by atoms with Crippen LogP contribution >= 0.6 is 11.6 Å². The Bertz CT molecular complexity index is 1500. The van der Waals surface area contributed by atoms with Crippen LogP contribution in [0.2, 0.25) is 5.02 Å². The van der Waals surface area contributed by atoms with Crippen molar-refractivity contribution in [3.05, 3.63) is 75.6 Å². The molecule has 3 fully saturated rings. The van der Waals surface area contributed by atoms with E-state index in [9.17, 15) is 30.3 Å². The molecular weight excluding hydrogens is 626 g/mol. The van der Waals surface area contributed by atoms with Crippen LogP contribution in [0.1, 0.15) is 31.9 Å². The zero-order valence-electron chi connectivity index (χ0n) is 25.3. The van der Waals surface area contributed by atoms with Crippen molar-refractivity contribution < 1.29 is 54.1 Å². The maximum Gasteiger partial charge on any atom is 0.272 e. The first-order valence-electron chi connectivity index (χ1n) is 14.5. The molecule has 0 unspecified atom stereocenters. The predicted molar refractivity (Wildman–Crippen MR) is 163 cm³/mol. The topological polar surface area (TPSA) is 214 Å². The van der Waals surface area contributed by atoms with Gasteiger partial charge >= 0.3 is 0 Å². The Kier molecular flexibility index (Phi) is 10.1. The van der Waals surface area contributed by atoms with Gasteiger partial charge in [-0.05, 0) is 62.2 Å². The number of hydrogen-bond acceptors (Lipinski definition) is 13. The lowest BCUT2D eigenvalue weighted by Gasteiger charge is -2.41. The first kappa shape index (κ1) is 33.9. The Morgan fingerprint density at radius 2 is 1.80 bits per heavy atom. The number of aliphatic hydroxyl groups excluding tert-OH is 4. The third kappa shape index (κ3) is 6.95. The fourth-order valence-electron chi connectivity index (χ4n) is 5.45. The molecule has 14 nitrogen and oxygen atoms in total. The summed E-state index contributed by atoms with van der Waals surface area (Å²) in [5.41, 5.74) is 9.09. The normalized spacial score (nSPS) is 33.6. The van der Waals surface area contributed by atoms with Crippen molar-refractivity contribution in [1.82, 2.24) is 10.8 Å². The fourth-order valence-corrected chi connectivity index (χ4v) is 5.66. The minimum Gasteiger partial charge on any atom is -0.451 e. The molecule has 2 aliphatic heterocycles. The molecule has 0 spiro atoms. The number of anilines is 1. The summed E-state index contributed by atoms with van der Waals surface area (Å²) in [5, 5.41) is 56.4. The van der Waals surface area contributed by atoms with Gasteiger partial charge < -0.3 is 55.5 Å². The second kappa shape index (κ2) is 13.7. The minimum atomic E-state index is -1.86. The molecule has 2 heterocycles. The number of fused-ring (bicyclic) bond motifs is 1. The SMILES string of the molecule is CC(=Cc1ccc(O[C@@H]2OC(=C(C)NOCc3cccc(Cl)c3)[C@@H](O)[C@]2(C)O)c(N)c1)C(=O)N[C@@H]1[C@H](O)[C@@H](O)[C@H]2OCO[C@H]2[C@@H]1O. The van der Waals surface area contributed by atoms with Gasteiger partial charge in [0.25, 0.3) is 6.29 Å². The third-order valence-electron chi connectivity index (χ3n) is 8.15. The third-order valence-corrected chi connectivity index (χ3v) is 8.38. The van der Waals surface area contributed by atoms with E-state index in [1.807, 2.05) is 6.07 Å². The average Bonchev–Trinajstić information content (AvgIpc) is 3.59. The number of benzene rings is 2. The van der Waals surface area contributed by atoms with Crippen LogP contribution in [0.4, 0.5) is 5.69 Å². The van der Waals surface area contributed by atoms with E-state index >= 15 is 0 Å². The van der Waals surface area contributed by atoms with E-state index in [0.717, 1.165) is 5.56 Å². The number of carbonyl (C=O) groups excluding carboxylic acids is 1. The molecule has 1 saturated carbocycles. The van der Waals surface area contributed by atoms with Crippen molar-refractivity contribution in [3.63, 3.8) is 0 Å². The summed E-state index contributed by atoms with van der Waals surface area (Å²) in [6.07, 6.45) is -7.21. The van der Waals surface area contributed by atoms with E-state index in [-0.39, 0.29) is 36.2 Å². The molecule has 0 radical (unpaired) electrons. The van der Waals surface area contributed by atoms with Crippen molar-refractivity contribution in [2.24, 2.45) is 0 Å². The van der Waals surface area contributed by atoms with E-state index in [1.54, 1.807) is 31.2 Å². The number of aliphatic hydroxyl groups is 5. The van der Waals surface area contributed by atoms with E-state index in [0.29, 0.717) is 16.3 Å². The van der Waals surface area contributed by atoms with Gasteiger partial charge in [0.2, 0.25) is 5.91 Å². The highest BCUT2D eigenvalue weighted by molar-refractivity contribution is 6.30. The van der Waals surface area contributed by atoms with Gasteiger partial charge in [0, 0.05) is 10.6 Å². The highest BCUT2D eigenvalue weighted by atomic mass is 35.5. The zero-order chi connectivity index (χ0) is 33.3. The van der Waals surface area contributed by atoms with Gasteiger partial charge in [-0.15, -0.1) is 0 Å². The minimum absolute atomic E-state index is 0.0177. The summed E-state index contributed by atoms with van der Waals surface area (Å²) in [6.45, 7) is 4.52. The van der Waals surface area contributed by atoms with Crippen molar-refractivity contribution in [1.29, 1.82) is 0 Å². The van der Waals surface area contributed by atoms with E-state index < -0.39 is 60.5 Å². The molecule has 1 amide bonds. The molecule has 5 rings (SSSR count). The number of allylic oxidation sites excluding steroid dienone is 1. The molecule has 2 aromatic carbocycles. The van der Waals surface area contributed by atoms with Gasteiger partial charge in [-0.1, -0.05) is 29.8 Å². The summed E-state index contributed by atoms with van der Waals surface area (Å²) >= 11 is 6.00. The number of nitrogens with two attached hydrogens (primary N) is 1. The number of nitrogen functional groups attached to an aromatic ring is 1. The summed E-state index contributed by atoms with van der Waals surface area (Å²) in [6, 6.07) is 10.6. The van der Waals surface area contributed by atoms with Crippen LogP contribution in [0.3, 0.4) is 0 Å². The lowest BCUT2D eigenvalue weighted by molar-refractivity contribution is -0.155. The molecule has 0 bridgehead atoms. The van der Waals surface area contributed by atoms with Crippen LogP contribution < -0.4 is 21.3 Å². The summed E-state index contributed by atoms with van der Waals surface area (Å²) in [4.78, 5) is 18.4. The van der Waals surface area contributed by atoms with E-state index in [1.165, 1.54) is 32.1 Å². The average molecular weight is 664 g/mol. The first-order chi connectivity index (χ1) is 21.8. The second-order valence-electron chi connectivity index (χ2n) is 11.7. The Hall–Kier alpha value is -3.44. The monoisotopic (exact) mass is 663 g/mol. The lowest BCUT2D eigenvalue weighted by Crippen LogP contribution is -2.67. The first-order valence-corrected chi connectivity index (χ1v) is 14.9. The van der Waals surface area contributed by atoms with Crippen molar-refractivity contribution in [2.75, 3.05) is 12.5 Å². The molecule has 9 atom stereocenters. The largest absolute Gasteiger partial charge is 0.451 e. The molecule has 3 aliphatic rings. The number of hydrogen-bond donors (Lipinski definition) is 8. The highest BCUT2D eigenvalue weighted by Gasteiger charge is 2.54. The van der Waals surface area contributed by atoms with Crippen LogP contribution in [0.5, 0.6) is 5.75 Å². The highest BCUT2D eigenvalue weighted by Crippen LogP contribution is 2.38. The van der Waals surface area contributed by atoms with Gasteiger partial charge in [0.05, 0.1) is 24.0 Å². The number of amides is 1. The smallest absolute Gasteiger partial charge is 0.272 e. The van der Waals surface area contributed by atoms with Crippen LogP contribution in [0.15, 0.2) is 59.5 Å². The van der Waals surface area contributed by atoms with Gasteiger partial charge in [-0.3, -0.25) is 15.1 Å². The maximum atomic E-state index is 12.9. The molecule has 2 saturated heterocycles. The Labute approximate surface area is 269 Å². The standard InChI is InChI=1S/C31H38ClN3O11/c1-14(29(40)34-21-22(36)24(38)27-26(23(21)37)42-13-43-27)9-16-7-8-20(19(33)11-16)45-30-31(3,41)28(39)25(46-30)15(2)35-44-12-17-5-4-6-18(32)10-17/h4-11,21-24,26-28,30,35-39,41H,12-13,33H2,1-3H3,(H,34,40)/t21-,22+,23-,24-,26+,27-,28-,30-,31+/m1/s1. The lowest BCUT2D eigenvalue weighted by atomic mass is 9.83. The molecule has 9 N–H and O–H groups in total. The van der Waals surface area contributed by atoms with Crippen molar-refractivity contribution in [2.45, 2.75) is 81.9 Å². The van der Waals surface area contributed by atoms with Gasteiger partial charge in [0.1, 0.15) is 49.2 Å².